The minimum Gasteiger partial charge on any atom is -0.383 e. The predicted molar refractivity (Wildman–Crippen MR) is 88.7 cm³/mol. The highest BCUT2D eigenvalue weighted by molar-refractivity contribution is 5.92. The summed E-state index contributed by atoms with van der Waals surface area (Å²) in [5.41, 5.74) is 0.565. The van der Waals surface area contributed by atoms with Crippen LogP contribution < -0.4 is 10.6 Å². The van der Waals surface area contributed by atoms with Crippen molar-refractivity contribution in [1.82, 2.24) is 20.2 Å². The van der Waals surface area contributed by atoms with Gasteiger partial charge in [-0.05, 0) is 25.2 Å². The molecule has 1 fully saturated rings. The van der Waals surface area contributed by atoms with Crippen LogP contribution in [0.25, 0.3) is 0 Å². The Morgan fingerprint density at radius 3 is 2.88 bits per heavy atom. The standard InChI is InChI=1S/C17H26N4O3/c1-11-7-12(8-11)16(22)20-9-13-3-4-15-19-10-14(21(13)15)17(23)18-5-6-24-2/h10-13H,3-9H2,1-2H3,(H,18,23)(H,20,22). The van der Waals surface area contributed by atoms with Crippen molar-refractivity contribution in [2.45, 2.75) is 38.6 Å². The van der Waals surface area contributed by atoms with Crippen LogP contribution >= 0.6 is 0 Å². The van der Waals surface area contributed by atoms with E-state index in [4.69, 9.17) is 4.74 Å². The molecular weight excluding hydrogens is 308 g/mol. The van der Waals surface area contributed by atoms with Crippen LogP contribution in [0.3, 0.4) is 0 Å². The Kier molecular flexibility index (Phi) is 5.18. The number of ether oxygens (including phenoxy) is 1. The van der Waals surface area contributed by atoms with Crippen molar-refractivity contribution < 1.29 is 14.3 Å². The summed E-state index contributed by atoms with van der Waals surface area (Å²) in [7, 11) is 1.60. The number of hydrogen-bond donors (Lipinski definition) is 2. The monoisotopic (exact) mass is 334 g/mol. The normalized spacial score (nSPS) is 25.0. The second-order valence-electron chi connectivity index (χ2n) is 6.89. The van der Waals surface area contributed by atoms with Crippen LogP contribution in [-0.2, 0) is 16.0 Å². The molecule has 1 aromatic rings. The number of aromatic nitrogens is 2. The average molecular weight is 334 g/mol. The molecule has 24 heavy (non-hydrogen) atoms. The molecule has 0 radical (unpaired) electrons. The summed E-state index contributed by atoms with van der Waals surface area (Å²) in [6.45, 7) is 3.68. The molecule has 2 aliphatic rings. The summed E-state index contributed by atoms with van der Waals surface area (Å²) in [5, 5.41) is 5.89. The molecule has 7 heteroatoms. The number of nitrogens with one attached hydrogen (secondary N) is 2. The molecule has 3 rings (SSSR count). The SMILES string of the molecule is COCCNC(=O)c1cnc2n1C(CNC(=O)C1CC(C)C1)CC2. The van der Waals surface area contributed by atoms with Gasteiger partial charge in [-0.25, -0.2) is 4.98 Å². The van der Waals surface area contributed by atoms with Crippen molar-refractivity contribution in [1.29, 1.82) is 0 Å². The van der Waals surface area contributed by atoms with E-state index in [2.05, 4.69) is 22.5 Å². The third-order valence-electron chi connectivity index (χ3n) is 5.02. The number of carbonyl (C=O) groups is 2. The lowest BCUT2D eigenvalue weighted by atomic mass is 9.75. The van der Waals surface area contributed by atoms with Crippen molar-refractivity contribution in [2.24, 2.45) is 11.8 Å². The lowest BCUT2D eigenvalue weighted by molar-refractivity contribution is -0.128. The molecule has 1 atom stereocenters. The Morgan fingerprint density at radius 1 is 1.38 bits per heavy atom. The molecule has 1 aliphatic carbocycles. The van der Waals surface area contributed by atoms with Crippen LogP contribution in [0.5, 0.6) is 0 Å². The van der Waals surface area contributed by atoms with Crippen LogP contribution in [0.15, 0.2) is 6.20 Å². The van der Waals surface area contributed by atoms with E-state index in [-0.39, 0.29) is 23.8 Å². The minimum atomic E-state index is -0.142. The van der Waals surface area contributed by atoms with Gasteiger partial charge in [0.15, 0.2) is 0 Å². The molecule has 0 bridgehead atoms. The van der Waals surface area contributed by atoms with Crippen LogP contribution in [0.4, 0.5) is 0 Å². The Morgan fingerprint density at radius 2 is 2.17 bits per heavy atom. The lowest BCUT2D eigenvalue weighted by Crippen LogP contribution is -2.40. The molecule has 1 aromatic heterocycles. The third-order valence-corrected chi connectivity index (χ3v) is 5.02. The fraction of sp³-hybridized carbons (Fsp3) is 0.706. The summed E-state index contributed by atoms with van der Waals surface area (Å²) in [6.07, 6.45) is 5.34. The van der Waals surface area contributed by atoms with Gasteiger partial charge in [0.05, 0.1) is 18.8 Å². The van der Waals surface area contributed by atoms with Gasteiger partial charge in [-0.1, -0.05) is 6.92 Å². The van der Waals surface area contributed by atoms with E-state index in [1.165, 1.54) is 0 Å². The van der Waals surface area contributed by atoms with Gasteiger partial charge in [-0.15, -0.1) is 0 Å². The molecule has 2 N–H and O–H groups in total. The summed E-state index contributed by atoms with van der Waals surface area (Å²) >= 11 is 0. The Labute approximate surface area is 142 Å². The molecular formula is C17H26N4O3. The van der Waals surface area contributed by atoms with E-state index in [0.717, 1.165) is 31.5 Å². The molecule has 7 nitrogen and oxygen atoms in total. The predicted octanol–water partition coefficient (Wildman–Crippen LogP) is 0.909. The number of methoxy groups -OCH3 is 1. The van der Waals surface area contributed by atoms with Gasteiger partial charge in [0.2, 0.25) is 5.91 Å². The summed E-state index contributed by atoms with van der Waals surface area (Å²) in [4.78, 5) is 28.8. The summed E-state index contributed by atoms with van der Waals surface area (Å²) < 4.78 is 6.93. The van der Waals surface area contributed by atoms with Crippen molar-refractivity contribution in [3.05, 3.63) is 17.7 Å². The molecule has 0 spiro atoms. The van der Waals surface area contributed by atoms with E-state index in [1.54, 1.807) is 13.3 Å². The number of hydrogen-bond acceptors (Lipinski definition) is 4. The maximum Gasteiger partial charge on any atom is 0.269 e. The zero-order valence-electron chi connectivity index (χ0n) is 14.4. The molecule has 0 saturated heterocycles. The zero-order valence-corrected chi connectivity index (χ0v) is 14.4. The fourth-order valence-electron chi connectivity index (χ4n) is 3.61. The van der Waals surface area contributed by atoms with Gasteiger partial charge in [-0.2, -0.15) is 0 Å². The maximum atomic E-state index is 12.3. The molecule has 132 valence electrons. The van der Waals surface area contributed by atoms with E-state index in [9.17, 15) is 9.59 Å². The molecule has 1 saturated carbocycles. The highest BCUT2D eigenvalue weighted by Gasteiger charge is 2.33. The number of fused-ring (bicyclic) bond motifs is 1. The molecule has 0 aromatic carbocycles. The van der Waals surface area contributed by atoms with Crippen LogP contribution in [-0.4, -0.2) is 48.2 Å². The number of rotatable bonds is 7. The topological polar surface area (TPSA) is 85.2 Å². The van der Waals surface area contributed by atoms with Crippen molar-refractivity contribution >= 4 is 11.8 Å². The molecule has 1 aliphatic heterocycles. The zero-order chi connectivity index (χ0) is 17.1. The first-order valence-electron chi connectivity index (χ1n) is 8.71. The Balaban J connectivity index is 1.58. The second-order valence-corrected chi connectivity index (χ2v) is 6.89. The van der Waals surface area contributed by atoms with Crippen molar-refractivity contribution in [3.8, 4) is 0 Å². The van der Waals surface area contributed by atoms with Crippen LogP contribution in [0, 0.1) is 11.8 Å². The van der Waals surface area contributed by atoms with Crippen molar-refractivity contribution in [2.75, 3.05) is 26.8 Å². The first-order valence-corrected chi connectivity index (χ1v) is 8.71. The minimum absolute atomic E-state index is 0.104. The van der Waals surface area contributed by atoms with Gasteiger partial charge in [0, 0.05) is 32.5 Å². The largest absolute Gasteiger partial charge is 0.383 e. The quantitative estimate of drug-likeness (QED) is 0.726. The average Bonchev–Trinajstić information content (AvgIpc) is 3.11. The van der Waals surface area contributed by atoms with E-state index in [0.29, 0.717) is 31.3 Å². The van der Waals surface area contributed by atoms with Gasteiger partial charge < -0.3 is 19.9 Å². The first-order chi connectivity index (χ1) is 11.6. The number of aryl methyl sites for hydroxylation is 1. The van der Waals surface area contributed by atoms with E-state index < -0.39 is 0 Å². The Hall–Kier alpha value is -1.89. The Bertz CT molecular complexity index is 607. The molecule has 2 heterocycles. The van der Waals surface area contributed by atoms with Crippen LogP contribution in [0.2, 0.25) is 0 Å². The highest BCUT2D eigenvalue weighted by atomic mass is 16.5. The van der Waals surface area contributed by atoms with E-state index in [1.807, 2.05) is 4.57 Å². The smallest absolute Gasteiger partial charge is 0.269 e. The summed E-state index contributed by atoms with van der Waals surface area (Å²) in [5.74, 6) is 1.75. The fourth-order valence-corrected chi connectivity index (χ4v) is 3.61. The number of carbonyl (C=O) groups excluding carboxylic acids is 2. The number of nitrogens with zero attached hydrogens (tertiary/aromatic N) is 2. The van der Waals surface area contributed by atoms with Crippen molar-refractivity contribution in [3.63, 3.8) is 0 Å². The van der Waals surface area contributed by atoms with E-state index >= 15 is 0 Å². The van der Waals surface area contributed by atoms with Crippen LogP contribution in [0.1, 0.15) is 48.5 Å². The molecule has 2 amide bonds. The van der Waals surface area contributed by atoms with Gasteiger partial charge in [-0.3, -0.25) is 9.59 Å². The van der Waals surface area contributed by atoms with Gasteiger partial charge >= 0.3 is 0 Å². The number of imidazole rings is 1. The van der Waals surface area contributed by atoms with Gasteiger partial charge in [0.25, 0.3) is 5.91 Å². The first kappa shape index (κ1) is 17.0. The summed E-state index contributed by atoms with van der Waals surface area (Å²) in [6, 6.07) is 0.104. The highest BCUT2D eigenvalue weighted by Crippen LogP contribution is 2.33. The second kappa shape index (κ2) is 7.34. The lowest BCUT2D eigenvalue weighted by Gasteiger charge is -2.31. The third kappa shape index (κ3) is 3.45. The molecule has 1 unspecified atom stereocenters. The number of amides is 2. The van der Waals surface area contributed by atoms with Gasteiger partial charge in [0.1, 0.15) is 11.5 Å². The maximum absolute atomic E-state index is 12.3.